The molecule has 116 valence electrons. The van der Waals surface area contributed by atoms with Gasteiger partial charge in [-0.2, -0.15) is 5.10 Å². The molecule has 0 aliphatic heterocycles. The zero-order valence-corrected chi connectivity index (χ0v) is 13.2. The van der Waals surface area contributed by atoms with Gasteiger partial charge in [0.05, 0.1) is 11.4 Å². The summed E-state index contributed by atoms with van der Waals surface area (Å²) in [5.41, 5.74) is 4.77. The maximum absolute atomic E-state index is 11.6. The third-order valence-corrected chi connectivity index (χ3v) is 3.88. The van der Waals surface area contributed by atoms with Gasteiger partial charge in [0.15, 0.2) is 5.69 Å². The van der Waals surface area contributed by atoms with Crippen LogP contribution in [-0.4, -0.2) is 20.9 Å². The Morgan fingerprint density at radius 1 is 1.13 bits per heavy atom. The molecule has 0 aliphatic carbocycles. The third-order valence-electron chi connectivity index (χ3n) is 3.88. The van der Waals surface area contributed by atoms with Gasteiger partial charge in [0.2, 0.25) is 0 Å². The lowest BCUT2D eigenvalue weighted by Crippen LogP contribution is -2.09. The molecule has 23 heavy (non-hydrogen) atoms. The first-order chi connectivity index (χ1) is 11.1. The minimum atomic E-state index is -0.984. The number of rotatable bonds is 4. The van der Waals surface area contributed by atoms with E-state index in [0.29, 0.717) is 5.69 Å². The Bertz CT molecular complexity index is 848. The summed E-state index contributed by atoms with van der Waals surface area (Å²) in [6.07, 6.45) is 0.814. The second-order valence-electron chi connectivity index (χ2n) is 5.48. The van der Waals surface area contributed by atoms with E-state index in [1.165, 1.54) is 4.68 Å². The van der Waals surface area contributed by atoms with Crippen molar-refractivity contribution in [3.05, 3.63) is 71.4 Å². The van der Waals surface area contributed by atoms with E-state index in [9.17, 15) is 9.90 Å². The second kappa shape index (κ2) is 6.08. The maximum atomic E-state index is 11.6. The monoisotopic (exact) mass is 306 g/mol. The van der Waals surface area contributed by atoms with Crippen molar-refractivity contribution < 1.29 is 9.90 Å². The first-order valence-corrected chi connectivity index (χ1v) is 7.59. The van der Waals surface area contributed by atoms with Crippen LogP contribution in [-0.2, 0) is 6.42 Å². The van der Waals surface area contributed by atoms with Gasteiger partial charge >= 0.3 is 5.97 Å². The number of carboxylic acid groups (broad SMARTS) is 1. The van der Waals surface area contributed by atoms with Gasteiger partial charge in [-0.05, 0) is 31.0 Å². The van der Waals surface area contributed by atoms with Gasteiger partial charge in [-0.25, -0.2) is 9.48 Å². The number of carboxylic acids is 1. The van der Waals surface area contributed by atoms with E-state index in [1.54, 1.807) is 6.07 Å². The summed E-state index contributed by atoms with van der Waals surface area (Å²) in [5.74, 6) is -0.984. The highest BCUT2D eigenvalue weighted by Gasteiger charge is 2.18. The molecular weight excluding hydrogens is 288 g/mol. The van der Waals surface area contributed by atoms with Gasteiger partial charge < -0.3 is 5.11 Å². The molecule has 2 aromatic carbocycles. The molecule has 0 unspecified atom stereocenters. The normalized spacial score (nSPS) is 10.7. The molecular formula is C19H18N2O2. The molecule has 0 amide bonds. The minimum Gasteiger partial charge on any atom is -0.477 e. The van der Waals surface area contributed by atoms with Crippen LogP contribution in [0.25, 0.3) is 16.9 Å². The fraction of sp³-hybridized carbons (Fsp3) is 0.158. The topological polar surface area (TPSA) is 55.1 Å². The number of aromatic nitrogens is 2. The molecule has 3 rings (SSSR count). The van der Waals surface area contributed by atoms with E-state index in [4.69, 9.17) is 0 Å². The van der Waals surface area contributed by atoms with Crippen LogP contribution < -0.4 is 0 Å². The fourth-order valence-electron chi connectivity index (χ4n) is 2.60. The fourth-order valence-corrected chi connectivity index (χ4v) is 2.60. The van der Waals surface area contributed by atoms with Crippen molar-refractivity contribution in [2.75, 3.05) is 0 Å². The van der Waals surface area contributed by atoms with Crippen LogP contribution in [0, 0.1) is 6.92 Å². The van der Waals surface area contributed by atoms with Gasteiger partial charge in [-0.3, -0.25) is 0 Å². The highest BCUT2D eigenvalue weighted by atomic mass is 16.4. The lowest BCUT2D eigenvalue weighted by atomic mass is 10.1. The number of carbonyl (C=O) groups is 1. The zero-order valence-electron chi connectivity index (χ0n) is 13.2. The number of benzene rings is 2. The molecule has 0 saturated carbocycles. The first kappa shape index (κ1) is 15.0. The van der Waals surface area contributed by atoms with Gasteiger partial charge in [0.25, 0.3) is 0 Å². The molecule has 0 atom stereocenters. The summed E-state index contributed by atoms with van der Waals surface area (Å²) < 4.78 is 1.52. The average molecular weight is 306 g/mol. The summed E-state index contributed by atoms with van der Waals surface area (Å²) in [4.78, 5) is 11.6. The number of nitrogens with zero attached hydrogens (tertiary/aromatic N) is 2. The van der Waals surface area contributed by atoms with Crippen LogP contribution in [0.15, 0.2) is 54.6 Å². The van der Waals surface area contributed by atoms with E-state index in [-0.39, 0.29) is 5.69 Å². The van der Waals surface area contributed by atoms with E-state index < -0.39 is 5.97 Å². The van der Waals surface area contributed by atoms with E-state index in [0.717, 1.165) is 28.8 Å². The number of aromatic carboxylic acids is 1. The maximum Gasteiger partial charge on any atom is 0.354 e. The number of hydrogen-bond acceptors (Lipinski definition) is 2. The summed E-state index contributed by atoms with van der Waals surface area (Å²) in [5, 5.41) is 14.1. The largest absolute Gasteiger partial charge is 0.477 e. The standard InChI is InChI=1S/C19H18N2O2/c1-3-14-6-4-5-7-17(14)21-18(19(22)23)12-16(20-21)15-10-8-13(2)9-11-15/h4-12H,3H2,1-2H3,(H,22,23). The Kier molecular flexibility index (Phi) is 3.98. The lowest BCUT2D eigenvalue weighted by molar-refractivity contribution is 0.0687. The van der Waals surface area contributed by atoms with E-state index >= 15 is 0 Å². The van der Waals surface area contributed by atoms with Crippen molar-refractivity contribution in [2.45, 2.75) is 20.3 Å². The molecule has 4 nitrogen and oxygen atoms in total. The molecule has 1 N–H and O–H groups in total. The first-order valence-electron chi connectivity index (χ1n) is 7.59. The highest BCUT2D eigenvalue weighted by Crippen LogP contribution is 2.24. The van der Waals surface area contributed by atoms with Crippen molar-refractivity contribution >= 4 is 5.97 Å². The Labute approximate surface area is 135 Å². The van der Waals surface area contributed by atoms with Crippen molar-refractivity contribution in [3.63, 3.8) is 0 Å². The van der Waals surface area contributed by atoms with Gasteiger partial charge in [0.1, 0.15) is 0 Å². The van der Waals surface area contributed by atoms with Crippen molar-refractivity contribution in [1.29, 1.82) is 0 Å². The molecule has 1 heterocycles. The number of aryl methyl sites for hydroxylation is 2. The molecule has 0 spiro atoms. The zero-order chi connectivity index (χ0) is 16.4. The van der Waals surface area contributed by atoms with Crippen LogP contribution in [0.4, 0.5) is 0 Å². The average Bonchev–Trinajstić information content (AvgIpc) is 3.01. The molecule has 0 bridgehead atoms. The van der Waals surface area contributed by atoms with Gasteiger partial charge in [-0.1, -0.05) is 55.0 Å². The molecule has 0 fully saturated rings. The van der Waals surface area contributed by atoms with Crippen LogP contribution in [0.2, 0.25) is 0 Å². The van der Waals surface area contributed by atoms with Crippen LogP contribution in [0.5, 0.6) is 0 Å². The molecule has 3 aromatic rings. The van der Waals surface area contributed by atoms with E-state index in [1.807, 2.05) is 62.4 Å². The predicted octanol–water partition coefficient (Wildman–Crippen LogP) is 4.11. The van der Waals surface area contributed by atoms with Gasteiger partial charge in [-0.15, -0.1) is 0 Å². The SMILES string of the molecule is CCc1ccccc1-n1nc(-c2ccc(C)cc2)cc1C(=O)O. The Morgan fingerprint density at radius 2 is 1.83 bits per heavy atom. The molecule has 0 radical (unpaired) electrons. The van der Waals surface area contributed by atoms with Crippen molar-refractivity contribution in [2.24, 2.45) is 0 Å². The van der Waals surface area contributed by atoms with Crippen molar-refractivity contribution in [3.8, 4) is 16.9 Å². The molecule has 0 aliphatic rings. The van der Waals surface area contributed by atoms with E-state index in [2.05, 4.69) is 5.10 Å². The number of hydrogen-bond donors (Lipinski definition) is 1. The second-order valence-corrected chi connectivity index (χ2v) is 5.48. The Morgan fingerprint density at radius 3 is 2.48 bits per heavy atom. The van der Waals surface area contributed by atoms with Crippen LogP contribution in [0.3, 0.4) is 0 Å². The smallest absolute Gasteiger partial charge is 0.354 e. The van der Waals surface area contributed by atoms with Crippen LogP contribution in [0.1, 0.15) is 28.5 Å². The molecule has 0 saturated heterocycles. The third kappa shape index (κ3) is 2.88. The quantitative estimate of drug-likeness (QED) is 0.789. The van der Waals surface area contributed by atoms with Gasteiger partial charge in [0, 0.05) is 5.56 Å². The Hall–Kier alpha value is -2.88. The number of para-hydroxylation sites is 1. The van der Waals surface area contributed by atoms with Crippen molar-refractivity contribution in [1.82, 2.24) is 9.78 Å². The van der Waals surface area contributed by atoms with Crippen LogP contribution >= 0.6 is 0 Å². The summed E-state index contributed by atoms with van der Waals surface area (Å²) in [6.45, 7) is 4.06. The summed E-state index contributed by atoms with van der Waals surface area (Å²) in [6, 6.07) is 17.3. The summed E-state index contributed by atoms with van der Waals surface area (Å²) >= 11 is 0. The molecule has 4 heteroatoms. The lowest BCUT2D eigenvalue weighted by Gasteiger charge is -2.09. The minimum absolute atomic E-state index is 0.168. The Balaban J connectivity index is 2.17. The predicted molar refractivity (Wildman–Crippen MR) is 90.1 cm³/mol. The molecule has 1 aromatic heterocycles. The summed E-state index contributed by atoms with van der Waals surface area (Å²) in [7, 11) is 0. The highest BCUT2D eigenvalue weighted by molar-refractivity contribution is 5.88.